The predicted molar refractivity (Wildman–Crippen MR) is 135 cm³/mol. The van der Waals surface area contributed by atoms with Crippen molar-refractivity contribution in [1.29, 1.82) is 0 Å². The number of hydrogen-bond acceptors (Lipinski definition) is 4. The van der Waals surface area contributed by atoms with Gasteiger partial charge < -0.3 is 19.6 Å². The molecule has 0 N–H and O–H groups in total. The maximum absolute atomic E-state index is 12.0. The van der Waals surface area contributed by atoms with Crippen LogP contribution in [0, 0.1) is 0 Å². The molecule has 0 bridgehead atoms. The summed E-state index contributed by atoms with van der Waals surface area (Å²) in [7, 11) is 6.85. The van der Waals surface area contributed by atoms with Gasteiger partial charge in [0.05, 0.1) is 0 Å². The molecular weight excluding hydrogens is 420 g/mol. The number of nitrogens with zero attached hydrogens (tertiary/aromatic N) is 4. The van der Waals surface area contributed by atoms with Crippen LogP contribution in [0.5, 0.6) is 0 Å². The van der Waals surface area contributed by atoms with E-state index in [1.807, 2.05) is 27.7 Å². The smallest absolute Gasteiger partial charge is 0.246 e. The second kappa shape index (κ2) is 17.9. The topological polar surface area (TPSA) is 81.2 Å². The monoisotopic (exact) mass is 466 g/mol. The average Bonchev–Trinajstić information content (AvgIpc) is 2.77. The quantitative estimate of drug-likeness (QED) is 0.439. The van der Waals surface area contributed by atoms with Gasteiger partial charge in [0.2, 0.25) is 23.6 Å². The summed E-state index contributed by atoms with van der Waals surface area (Å²) in [4.78, 5) is 53.9. The van der Waals surface area contributed by atoms with Crippen LogP contribution in [0.15, 0.2) is 24.3 Å². The Bertz CT molecular complexity index is 671. The number of amides is 4. The van der Waals surface area contributed by atoms with Gasteiger partial charge in [0.1, 0.15) is 12.1 Å². The number of likely N-dealkylation sites (N-methyl/N-ethyl adjacent to an activating group) is 3. The molecule has 190 valence electrons. The second-order valence-electron chi connectivity index (χ2n) is 7.97. The zero-order chi connectivity index (χ0) is 26.1. The Morgan fingerprint density at radius 3 is 1.30 bits per heavy atom. The van der Waals surface area contributed by atoms with E-state index in [0.29, 0.717) is 25.9 Å². The van der Waals surface area contributed by atoms with Crippen LogP contribution in [0.2, 0.25) is 0 Å². The molecule has 0 saturated carbocycles. The summed E-state index contributed by atoms with van der Waals surface area (Å²) in [6.45, 7) is 12.5. The molecule has 0 saturated heterocycles. The van der Waals surface area contributed by atoms with Gasteiger partial charge in [0.25, 0.3) is 0 Å². The van der Waals surface area contributed by atoms with Crippen LogP contribution in [0.1, 0.15) is 60.8 Å². The van der Waals surface area contributed by atoms with Gasteiger partial charge in [-0.15, -0.1) is 0 Å². The Hall–Kier alpha value is -2.64. The second-order valence-corrected chi connectivity index (χ2v) is 7.97. The van der Waals surface area contributed by atoms with Crippen molar-refractivity contribution in [2.45, 2.75) is 72.9 Å². The van der Waals surface area contributed by atoms with Crippen molar-refractivity contribution in [3.8, 4) is 0 Å². The Morgan fingerprint density at radius 2 is 1.03 bits per heavy atom. The molecule has 33 heavy (non-hydrogen) atoms. The summed E-state index contributed by atoms with van der Waals surface area (Å²) >= 11 is 0. The fourth-order valence-electron chi connectivity index (χ4n) is 3.32. The maximum Gasteiger partial charge on any atom is 0.246 e. The van der Waals surface area contributed by atoms with Gasteiger partial charge in [-0.3, -0.25) is 19.2 Å². The molecule has 0 aromatic rings. The number of carbonyl (C=O) groups excluding carboxylic acids is 4. The van der Waals surface area contributed by atoms with Crippen LogP contribution in [-0.4, -0.2) is 96.6 Å². The molecule has 8 nitrogen and oxygen atoms in total. The molecule has 2 atom stereocenters. The minimum Gasteiger partial charge on any atom is -0.347 e. The van der Waals surface area contributed by atoms with Gasteiger partial charge in [-0.25, -0.2) is 0 Å². The summed E-state index contributed by atoms with van der Waals surface area (Å²) in [5.74, 6) is -0.232. The SMILES string of the molecule is CC=CC(=O)N(CC)C(CC)C(=O)N(C)C.CC=CC(=O)N(CCC)C(CC)C(=O)N(C)C. The van der Waals surface area contributed by atoms with Gasteiger partial charge in [0.15, 0.2) is 0 Å². The molecule has 0 aliphatic rings. The first-order valence-corrected chi connectivity index (χ1v) is 11.8. The van der Waals surface area contributed by atoms with Gasteiger partial charge in [-0.1, -0.05) is 32.9 Å². The lowest BCUT2D eigenvalue weighted by Crippen LogP contribution is -2.48. The standard InChI is InChI=1S/C13H24N2O2.C12H22N2O2/c1-6-9-12(16)15(10-7-2)11(8-3)13(17)14(4)5;1-6-9-11(15)14(8-3)10(7-2)12(16)13(4)5/h6,9,11H,7-8,10H2,1-5H3;6,9-10H,7-8H2,1-5H3. The van der Waals surface area contributed by atoms with Crippen LogP contribution in [0.4, 0.5) is 0 Å². The van der Waals surface area contributed by atoms with Crippen molar-refractivity contribution in [2.75, 3.05) is 41.3 Å². The van der Waals surface area contributed by atoms with Crippen molar-refractivity contribution in [2.24, 2.45) is 0 Å². The van der Waals surface area contributed by atoms with Crippen LogP contribution < -0.4 is 0 Å². The van der Waals surface area contributed by atoms with Gasteiger partial charge in [0, 0.05) is 41.3 Å². The minimum absolute atomic E-state index is 0.0150. The fourth-order valence-corrected chi connectivity index (χ4v) is 3.32. The molecule has 0 heterocycles. The van der Waals surface area contributed by atoms with E-state index >= 15 is 0 Å². The molecule has 8 heteroatoms. The third kappa shape index (κ3) is 11.2. The van der Waals surface area contributed by atoms with Crippen LogP contribution in [0.25, 0.3) is 0 Å². The number of allylic oxidation sites excluding steroid dienone is 2. The molecule has 0 aliphatic heterocycles. The highest BCUT2D eigenvalue weighted by Gasteiger charge is 2.28. The molecule has 4 amide bonds. The fraction of sp³-hybridized carbons (Fsp3) is 0.680. The first kappa shape index (κ1) is 32.5. The maximum atomic E-state index is 12.0. The average molecular weight is 467 g/mol. The van der Waals surface area contributed by atoms with Gasteiger partial charge >= 0.3 is 0 Å². The number of carbonyl (C=O) groups is 4. The summed E-state index contributed by atoms with van der Waals surface area (Å²) in [6, 6.07) is -0.711. The third-order valence-corrected chi connectivity index (χ3v) is 4.97. The first-order chi connectivity index (χ1) is 15.5. The van der Waals surface area contributed by atoms with Gasteiger partial charge in [-0.2, -0.15) is 0 Å². The molecule has 0 fully saturated rings. The zero-order valence-electron chi connectivity index (χ0n) is 22.4. The molecule has 0 aromatic carbocycles. The molecular formula is C25H46N4O4. The molecule has 0 rings (SSSR count). The zero-order valence-corrected chi connectivity index (χ0v) is 22.4. The van der Waals surface area contributed by atoms with Crippen LogP contribution in [-0.2, 0) is 19.2 Å². The van der Waals surface area contributed by atoms with E-state index in [0.717, 1.165) is 6.42 Å². The molecule has 0 spiro atoms. The molecule has 0 aromatic heterocycles. The Balaban J connectivity index is 0. The van der Waals surface area contributed by atoms with Crippen molar-refractivity contribution in [1.82, 2.24) is 19.6 Å². The Morgan fingerprint density at radius 1 is 0.667 bits per heavy atom. The van der Waals surface area contributed by atoms with Crippen molar-refractivity contribution < 1.29 is 19.2 Å². The highest BCUT2D eigenvalue weighted by atomic mass is 16.2. The highest BCUT2D eigenvalue weighted by Crippen LogP contribution is 2.10. The van der Waals surface area contributed by atoms with Crippen LogP contribution in [0.3, 0.4) is 0 Å². The minimum atomic E-state index is -0.358. The van der Waals surface area contributed by atoms with Crippen molar-refractivity contribution in [3.63, 3.8) is 0 Å². The first-order valence-electron chi connectivity index (χ1n) is 11.8. The summed E-state index contributed by atoms with van der Waals surface area (Å²) < 4.78 is 0. The summed E-state index contributed by atoms with van der Waals surface area (Å²) in [5, 5.41) is 0. The largest absolute Gasteiger partial charge is 0.347 e. The van der Waals surface area contributed by atoms with E-state index in [4.69, 9.17) is 0 Å². The number of hydrogen-bond donors (Lipinski definition) is 0. The highest BCUT2D eigenvalue weighted by molar-refractivity contribution is 5.93. The van der Waals surface area contributed by atoms with Crippen molar-refractivity contribution >= 4 is 23.6 Å². The summed E-state index contributed by atoms with van der Waals surface area (Å²) in [6.07, 6.45) is 8.53. The third-order valence-electron chi connectivity index (χ3n) is 4.97. The predicted octanol–water partition coefficient (Wildman–Crippen LogP) is 2.95. The van der Waals surface area contributed by atoms with Crippen molar-refractivity contribution in [3.05, 3.63) is 24.3 Å². The molecule has 0 radical (unpaired) electrons. The van der Waals surface area contributed by atoms with Gasteiger partial charge in [-0.05, 0) is 52.2 Å². The Labute approximate surface area is 201 Å². The lowest BCUT2D eigenvalue weighted by atomic mass is 10.1. The van der Waals surface area contributed by atoms with E-state index < -0.39 is 0 Å². The molecule has 0 aliphatic carbocycles. The van der Waals surface area contributed by atoms with E-state index in [2.05, 4.69) is 0 Å². The van der Waals surface area contributed by atoms with Crippen LogP contribution >= 0.6 is 0 Å². The van der Waals surface area contributed by atoms with E-state index in [1.165, 1.54) is 17.1 Å². The Kier molecular flexibility index (Phi) is 17.6. The van der Waals surface area contributed by atoms with E-state index in [-0.39, 0.29) is 35.7 Å². The summed E-state index contributed by atoms with van der Waals surface area (Å²) in [5.41, 5.74) is 0. The van der Waals surface area contributed by atoms with E-state index in [9.17, 15) is 19.2 Å². The van der Waals surface area contributed by atoms with E-state index in [1.54, 1.807) is 68.9 Å². The lowest BCUT2D eigenvalue weighted by Gasteiger charge is -2.31. The number of rotatable bonds is 11. The molecule has 2 unspecified atom stereocenters. The lowest BCUT2D eigenvalue weighted by molar-refractivity contribution is -0.142. The normalized spacial score (nSPS) is 12.5.